The van der Waals surface area contributed by atoms with Crippen molar-refractivity contribution >= 4 is 31.9 Å². The molecule has 0 bridgehead atoms. The zero-order valence-electron chi connectivity index (χ0n) is 18.2. The van der Waals surface area contributed by atoms with E-state index in [4.69, 9.17) is 30.5 Å². The largest absolute Gasteiger partial charge is 0.456 e. The highest BCUT2D eigenvalue weighted by Gasteiger charge is 2.48. The molecule has 2 aromatic heterocycles. The van der Waals surface area contributed by atoms with E-state index < -0.39 is 15.3 Å². The van der Waals surface area contributed by atoms with Gasteiger partial charge in [-0.2, -0.15) is 4.98 Å². The van der Waals surface area contributed by atoms with Crippen LogP contribution in [0.1, 0.15) is 5.69 Å². The third-order valence-electron chi connectivity index (χ3n) is 5.42. The standard InChI is InChI=1S/C20H32ClN3O5S/c1-12-13(21)8-14-19(22-12)23-20(24(14)11-26-6-7-30(2,3,4)5)29-16-10-28-17-15(25)9-27-18(16)17/h8,15-18,25,30H,6-7,9-11H2,1-5H3/t15-,16-,17-,18-/m1/s1. The van der Waals surface area contributed by atoms with Crippen LogP contribution >= 0.6 is 20.8 Å². The third-order valence-corrected chi connectivity index (χ3v) is 7.78. The molecule has 0 amide bonds. The number of hydrogen-bond acceptors (Lipinski definition) is 7. The summed E-state index contributed by atoms with van der Waals surface area (Å²) in [5.41, 5.74) is 2.01. The van der Waals surface area contributed by atoms with E-state index in [0.717, 1.165) is 11.3 Å². The number of ether oxygens (including phenoxy) is 4. The Labute approximate surface area is 182 Å². The zero-order valence-corrected chi connectivity index (χ0v) is 19.8. The van der Waals surface area contributed by atoms with Gasteiger partial charge in [-0.3, -0.25) is 13.7 Å². The molecule has 0 radical (unpaired) electrons. The average Bonchev–Trinajstić information content (AvgIpc) is 3.28. The molecule has 0 unspecified atom stereocenters. The Bertz CT molecular complexity index is 935. The topological polar surface area (TPSA) is 87.9 Å². The first kappa shape index (κ1) is 22.1. The molecular formula is C20H32ClN3O5S. The van der Waals surface area contributed by atoms with Gasteiger partial charge in [0, 0.05) is 0 Å². The smallest absolute Gasteiger partial charge is 0.301 e. The monoisotopic (exact) mass is 461 g/mol. The van der Waals surface area contributed by atoms with Crippen molar-refractivity contribution in [1.82, 2.24) is 14.5 Å². The molecule has 8 nitrogen and oxygen atoms in total. The van der Waals surface area contributed by atoms with E-state index >= 15 is 0 Å². The molecule has 4 rings (SSSR count). The van der Waals surface area contributed by atoms with E-state index in [2.05, 4.69) is 35.0 Å². The Balaban J connectivity index is 1.56. The van der Waals surface area contributed by atoms with Crippen LogP contribution in [0.25, 0.3) is 11.2 Å². The van der Waals surface area contributed by atoms with E-state index in [-0.39, 0.29) is 31.6 Å². The summed E-state index contributed by atoms with van der Waals surface area (Å²) in [6.45, 7) is 3.35. The lowest BCUT2D eigenvalue weighted by molar-refractivity contribution is 0.00346. The van der Waals surface area contributed by atoms with Crippen molar-refractivity contribution < 1.29 is 24.1 Å². The molecule has 0 spiro atoms. The number of aliphatic hydroxyl groups is 1. The maximum absolute atomic E-state index is 9.98. The van der Waals surface area contributed by atoms with E-state index in [9.17, 15) is 5.11 Å². The van der Waals surface area contributed by atoms with Crippen LogP contribution in [0, 0.1) is 6.92 Å². The normalized spacial score (nSPS) is 27.9. The second-order valence-electron chi connectivity index (χ2n) is 10.2. The zero-order chi connectivity index (χ0) is 21.7. The minimum absolute atomic E-state index is 0.249. The van der Waals surface area contributed by atoms with Crippen LogP contribution < -0.4 is 4.74 Å². The van der Waals surface area contributed by atoms with Gasteiger partial charge in [-0.25, -0.2) is 4.98 Å². The highest BCUT2D eigenvalue weighted by atomic mass is 35.5. The molecule has 4 atom stereocenters. The Kier molecular flexibility index (Phi) is 5.74. The molecule has 0 saturated carbocycles. The molecular weight excluding hydrogens is 430 g/mol. The molecule has 1 N–H and O–H groups in total. The average molecular weight is 462 g/mol. The summed E-state index contributed by atoms with van der Waals surface area (Å²) in [6.07, 6.45) is 7.64. The first-order valence-corrected chi connectivity index (χ1v) is 14.8. The number of halogens is 1. The number of aromatic nitrogens is 3. The number of thiol groups is 1. The molecule has 10 heteroatoms. The number of hydrogen-bond donors (Lipinski definition) is 2. The molecule has 2 aliphatic heterocycles. The van der Waals surface area contributed by atoms with Gasteiger partial charge in [0.25, 0.3) is 0 Å². The molecule has 170 valence electrons. The lowest BCUT2D eigenvalue weighted by atomic mass is 10.1. The van der Waals surface area contributed by atoms with Crippen LogP contribution in [0.15, 0.2) is 6.07 Å². The summed E-state index contributed by atoms with van der Waals surface area (Å²) in [4.78, 5) is 9.07. The second-order valence-corrected chi connectivity index (χ2v) is 19.0. The van der Waals surface area contributed by atoms with E-state index in [1.54, 1.807) is 0 Å². The summed E-state index contributed by atoms with van der Waals surface area (Å²) in [5, 5.41) is 10.5. The van der Waals surface area contributed by atoms with Gasteiger partial charge in [-0.15, -0.1) is 0 Å². The number of pyridine rings is 1. The fraction of sp³-hybridized carbons (Fsp3) is 0.700. The summed E-state index contributed by atoms with van der Waals surface area (Å²) in [6, 6.07) is 2.22. The van der Waals surface area contributed by atoms with Crippen LogP contribution in [0.3, 0.4) is 0 Å². The molecule has 2 fully saturated rings. The minimum atomic E-state index is -1.65. The maximum Gasteiger partial charge on any atom is 0.301 e. The Morgan fingerprint density at radius 2 is 1.93 bits per heavy atom. The Morgan fingerprint density at radius 1 is 1.20 bits per heavy atom. The highest BCUT2D eigenvalue weighted by molar-refractivity contribution is 8.47. The lowest BCUT2D eigenvalue weighted by Crippen LogP contribution is -2.35. The second kappa shape index (κ2) is 7.79. The number of aliphatic hydroxyl groups excluding tert-OH is 1. The van der Waals surface area contributed by atoms with Gasteiger partial charge in [0.05, 0.1) is 36.1 Å². The van der Waals surface area contributed by atoms with E-state index in [1.165, 1.54) is 0 Å². The van der Waals surface area contributed by atoms with Crippen molar-refractivity contribution in [1.29, 1.82) is 0 Å². The van der Waals surface area contributed by atoms with Crippen molar-refractivity contribution in [2.75, 3.05) is 50.6 Å². The van der Waals surface area contributed by atoms with Crippen molar-refractivity contribution in [3.8, 4) is 6.01 Å². The molecule has 2 saturated heterocycles. The fourth-order valence-corrected chi connectivity index (χ4v) is 4.58. The first-order chi connectivity index (χ1) is 14.0. The maximum atomic E-state index is 9.98. The molecule has 4 heterocycles. The summed E-state index contributed by atoms with van der Waals surface area (Å²) >= 11 is 6.32. The Morgan fingerprint density at radius 3 is 2.67 bits per heavy atom. The minimum Gasteiger partial charge on any atom is -0.456 e. The van der Waals surface area contributed by atoms with Gasteiger partial charge in [-0.1, -0.05) is 11.6 Å². The Hall–Kier alpha value is -1.10. The van der Waals surface area contributed by atoms with Crippen LogP contribution in [0.4, 0.5) is 0 Å². The number of imidazole rings is 1. The number of fused-ring (bicyclic) bond motifs is 2. The molecule has 30 heavy (non-hydrogen) atoms. The predicted octanol–water partition coefficient (Wildman–Crippen LogP) is 1.86. The van der Waals surface area contributed by atoms with Crippen LogP contribution in [-0.2, 0) is 20.9 Å². The molecule has 0 aliphatic carbocycles. The van der Waals surface area contributed by atoms with Gasteiger partial charge < -0.3 is 24.1 Å². The van der Waals surface area contributed by atoms with Gasteiger partial charge in [0.15, 0.2) is 11.8 Å². The van der Waals surface area contributed by atoms with Crippen molar-refractivity contribution in [3.05, 3.63) is 16.8 Å². The molecule has 2 aliphatic rings. The van der Waals surface area contributed by atoms with Crippen molar-refractivity contribution in [2.24, 2.45) is 0 Å². The third kappa shape index (κ3) is 4.71. The predicted molar refractivity (Wildman–Crippen MR) is 121 cm³/mol. The molecule has 2 aromatic rings. The summed E-state index contributed by atoms with van der Waals surface area (Å²) < 4.78 is 25.4. The van der Waals surface area contributed by atoms with Crippen LogP contribution in [0.5, 0.6) is 6.01 Å². The number of rotatable bonds is 7. The van der Waals surface area contributed by atoms with Crippen LogP contribution in [-0.4, -0.2) is 94.7 Å². The van der Waals surface area contributed by atoms with Crippen molar-refractivity contribution in [3.63, 3.8) is 0 Å². The quantitative estimate of drug-likeness (QED) is 0.480. The number of aryl methyl sites for hydroxylation is 1. The number of nitrogens with zero attached hydrogens (tertiary/aromatic N) is 3. The van der Waals surface area contributed by atoms with E-state index in [1.807, 2.05) is 17.6 Å². The van der Waals surface area contributed by atoms with Gasteiger partial charge in [-0.05, 0) is 43.8 Å². The SMILES string of the molecule is Cc1nc2nc(O[C@@H]3CO[C@H]4[C@@H]3OC[C@H]4O)n(COCC[SH](C)(C)(C)C)c2cc1Cl. The lowest BCUT2D eigenvalue weighted by Gasteiger charge is -2.46. The van der Waals surface area contributed by atoms with Gasteiger partial charge >= 0.3 is 6.01 Å². The highest BCUT2D eigenvalue weighted by Crippen LogP contribution is 2.54. The first-order valence-electron chi connectivity index (χ1n) is 10.2. The summed E-state index contributed by atoms with van der Waals surface area (Å²) in [5.74, 6) is 1.03. The summed E-state index contributed by atoms with van der Waals surface area (Å²) in [7, 11) is -1.65. The molecule has 0 aromatic carbocycles. The van der Waals surface area contributed by atoms with Gasteiger partial charge in [0.1, 0.15) is 25.0 Å². The van der Waals surface area contributed by atoms with E-state index in [0.29, 0.717) is 35.6 Å². The van der Waals surface area contributed by atoms with Crippen molar-refractivity contribution in [2.45, 2.75) is 38.1 Å². The van der Waals surface area contributed by atoms with Gasteiger partial charge in [0.2, 0.25) is 0 Å². The van der Waals surface area contributed by atoms with Crippen LogP contribution in [0.2, 0.25) is 5.02 Å². The fourth-order valence-electron chi connectivity index (χ4n) is 3.57.